The van der Waals surface area contributed by atoms with Gasteiger partial charge in [0.2, 0.25) is 5.91 Å². The van der Waals surface area contributed by atoms with E-state index in [1.807, 2.05) is 0 Å². The van der Waals surface area contributed by atoms with Crippen molar-refractivity contribution in [3.63, 3.8) is 0 Å². The van der Waals surface area contributed by atoms with Crippen LogP contribution >= 0.6 is 0 Å². The summed E-state index contributed by atoms with van der Waals surface area (Å²) in [6, 6.07) is 3.52. The highest BCUT2D eigenvalue weighted by Gasteiger charge is 2.30. The van der Waals surface area contributed by atoms with E-state index in [9.17, 15) is 27.6 Å². The van der Waals surface area contributed by atoms with E-state index < -0.39 is 42.6 Å². The second-order valence-corrected chi connectivity index (χ2v) is 4.56. The van der Waals surface area contributed by atoms with Gasteiger partial charge in [-0.2, -0.15) is 13.2 Å². The molecule has 0 aromatic heterocycles. The molecular formula is C14H15F3N2O4. The van der Waals surface area contributed by atoms with Crippen molar-refractivity contribution in [3.8, 4) is 0 Å². The fourth-order valence-electron chi connectivity index (χ4n) is 1.72. The van der Waals surface area contributed by atoms with E-state index in [1.165, 1.54) is 0 Å². The smallest absolute Gasteiger partial charge is 0.416 e. The van der Waals surface area contributed by atoms with E-state index in [2.05, 4.69) is 5.32 Å². The Balaban J connectivity index is 2.63. The predicted octanol–water partition coefficient (Wildman–Crippen LogP) is 1.37. The molecule has 2 amide bonds. The van der Waals surface area contributed by atoms with Gasteiger partial charge < -0.3 is 15.3 Å². The quantitative estimate of drug-likeness (QED) is 0.824. The fraction of sp³-hybridized carbons (Fsp3) is 0.357. The summed E-state index contributed by atoms with van der Waals surface area (Å²) in [5, 5.41) is 10.9. The summed E-state index contributed by atoms with van der Waals surface area (Å²) < 4.78 is 37.2. The molecule has 0 spiro atoms. The Morgan fingerprint density at radius 2 is 1.74 bits per heavy atom. The first-order chi connectivity index (χ1) is 10.6. The number of nitrogens with zero attached hydrogens (tertiary/aromatic N) is 1. The molecule has 6 nitrogen and oxygen atoms in total. The number of carboxylic acid groups (broad SMARTS) is 1. The third kappa shape index (κ3) is 5.61. The fourth-order valence-corrected chi connectivity index (χ4v) is 1.72. The number of benzene rings is 1. The molecule has 126 valence electrons. The van der Waals surface area contributed by atoms with Crippen LogP contribution in [0.4, 0.5) is 13.2 Å². The molecule has 0 bridgehead atoms. The van der Waals surface area contributed by atoms with E-state index >= 15 is 0 Å². The maximum absolute atomic E-state index is 12.4. The number of carbonyl (C=O) groups is 3. The van der Waals surface area contributed by atoms with Gasteiger partial charge in [-0.1, -0.05) is 0 Å². The maximum atomic E-state index is 12.4. The Morgan fingerprint density at radius 3 is 2.17 bits per heavy atom. The van der Waals surface area contributed by atoms with Gasteiger partial charge in [-0.05, 0) is 31.2 Å². The third-order valence-corrected chi connectivity index (χ3v) is 2.94. The predicted molar refractivity (Wildman–Crippen MR) is 73.7 cm³/mol. The van der Waals surface area contributed by atoms with Crippen molar-refractivity contribution < 1.29 is 32.7 Å². The number of amides is 2. The maximum Gasteiger partial charge on any atom is 0.416 e. The zero-order valence-electron chi connectivity index (χ0n) is 12.2. The summed E-state index contributed by atoms with van der Waals surface area (Å²) in [5.41, 5.74) is -0.921. The number of hydrogen-bond acceptors (Lipinski definition) is 3. The number of halogens is 3. The van der Waals surface area contributed by atoms with Gasteiger partial charge in [-0.25, -0.2) is 0 Å². The zero-order chi connectivity index (χ0) is 17.6. The molecule has 2 N–H and O–H groups in total. The summed E-state index contributed by atoms with van der Waals surface area (Å²) in [6.45, 7) is 0.798. The van der Waals surface area contributed by atoms with Gasteiger partial charge in [0.15, 0.2) is 0 Å². The van der Waals surface area contributed by atoms with E-state index in [4.69, 9.17) is 5.11 Å². The summed E-state index contributed by atoms with van der Waals surface area (Å²) in [7, 11) is 0. The highest BCUT2D eigenvalue weighted by Crippen LogP contribution is 2.28. The minimum absolute atomic E-state index is 0.0351. The molecule has 0 radical (unpaired) electrons. The van der Waals surface area contributed by atoms with Crippen molar-refractivity contribution in [1.29, 1.82) is 0 Å². The summed E-state index contributed by atoms with van der Waals surface area (Å²) >= 11 is 0. The largest absolute Gasteiger partial charge is 0.480 e. The zero-order valence-corrected chi connectivity index (χ0v) is 12.2. The SMILES string of the molecule is CCN(CC(=O)O)C(=O)CNC(=O)c1ccc(C(F)(F)F)cc1. The van der Waals surface area contributed by atoms with Crippen LogP contribution in [0.25, 0.3) is 0 Å². The molecule has 0 heterocycles. The molecule has 0 aliphatic carbocycles. The Morgan fingerprint density at radius 1 is 1.17 bits per heavy atom. The number of nitrogens with one attached hydrogen (secondary N) is 1. The number of hydrogen-bond donors (Lipinski definition) is 2. The van der Waals surface area contributed by atoms with E-state index in [1.54, 1.807) is 6.92 Å². The molecular weight excluding hydrogens is 317 g/mol. The minimum atomic E-state index is -4.50. The van der Waals surface area contributed by atoms with Gasteiger partial charge in [0, 0.05) is 12.1 Å². The number of carbonyl (C=O) groups excluding carboxylic acids is 2. The van der Waals surface area contributed by atoms with Crippen molar-refractivity contribution in [2.24, 2.45) is 0 Å². The van der Waals surface area contributed by atoms with Crippen LogP contribution in [-0.2, 0) is 15.8 Å². The average molecular weight is 332 g/mol. The Hall–Kier alpha value is -2.58. The standard InChI is InChI=1S/C14H15F3N2O4/c1-2-19(8-12(21)22)11(20)7-18-13(23)9-3-5-10(6-4-9)14(15,16)17/h3-6H,2,7-8H2,1H3,(H,18,23)(H,21,22). The van der Waals surface area contributed by atoms with Crippen LogP contribution in [0.5, 0.6) is 0 Å². The molecule has 0 saturated heterocycles. The monoisotopic (exact) mass is 332 g/mol. The lowest BCUT2D eigenvalue weighted by Gasteiger charge is -2.18. The van der Waals surface area contributed by atoms with E-state index in [0.717, 1.165) is 29.2 Å². The molecule has 0 saturated carbocycles. The number of carboxylic acids is 1. The summed E-state index contributed by atoms with van der Waals surface area (Å²) in [5.74, 6) is -2.51. The van der Waals surface area contributed by atoms with Gasteiger partial charge in [-0.3, -0.25) is 14.4 Å². The number of aliphatic carboxylic acids is 1. The van der Waals surface area contributed by atoms with Crippen molar-refractivity contribution in [3.05, 3.63) is 35.4 Å². The minimum Gasteiger partial charge on any atom is -0.480 e. The summed E-state index contributed by atoms with van der Waals surface area (Å²) in [4.78, 5) is 35.1. The second kappa shape index (κ2) is 7.61. The van der Waals surface area contributed by atoms with E-state index in [-0.39, 0.29) is 12.1 Å². The van der Waals surface area contributed by atoms with Gasteiger partial charge in [0.25, 0.3) is 5.91 Å². The third-order valence-electron chi connectivity index (χ3n) is 2.94. The summed E-state index contributed by atoms with van der Waals surface area (Å²) in [6.07, 6.45) is -4.50. The van der Waals surface area contributed by atoms with Crippen LogP contribution in [0.3, 0.4) is 0 Å². The topological polar surface area (TPSA) is 86.7 Å². The molecule has 23 heavy (non-hydrogen) atoms. The normalized spacial score (nSPS) is 11.0. The van der Waals surface area contributed by atoms with Crippen molar-refractivity contribution >= 4 is 17.8 Å². The van der Waals surface area contributed by atoms with Gasteiger partial charge >= 0.3 is 12.1 Å². The Labute approximate surface area is 129 Å². The molecule has 1 aromatic carbocycles. The van der Waals surface area contributed by atoms with Crippen molar-refractivity contribution in [1.82, 2.24) is 10.2 Å². The van der Waals surface area contributed by atoms with Crippen molar-refractivity contribution in [2.45, 2.75) is 13.1 Å². The van der Waals surface area contributed by atoms with Crippen molar-refractivity contribution in [2.75, 3.05) is 19.6 Å². The van der Waals surface area contributed by atoms with E-state index in [0.29, 0.717) is 0 Å². The van der Waals surface area contributed by atoms with Gasteiger partial charge in [0.1, 0.15) is 6.54 Å². The highest BCUT2D eigenvalue weighted by atomic mass is 19.4. The van der Waals surface area contributed by atoms with Gasteiger partial charge in [0.05, 0.1) is 12.1 Å². The van der Waals surface area contributed by atoms with Crippen LogP contribution in [0.1, 0.15) is 22.8 Å². The lowest BCUT2D eigenvalue weighted by molar-refractivity contribution is -0.143. The van der Waals surface area contributed by atoms with Crippen LogP contribution in [0.15, 0.2) is 24.3 Å². The molecule has 9 heteroatoms. The molecule has 0 unspecified atom stereocenters. The highest BCUT2D eigenvalue weighted by molar-refractivity contribution is 5.96. The lowest BCUT2D eigenvalue weighted by atomic mass is 10.1. The first-order valence-electron chi connectivity index (χ1n) is 6.60. The Bertz CT molecular complexity index is 585. The van der Waals surface area contributed by atoms with Crippen LogP contribution in [0, 0.1) is 0 Å². The first-order valence-corrected chi connectivity index (χ1v) is 6.60. The average Bonchev–Trinajstić information content (AvgIpc) is 2.49. The van der Waals surface area contributed by atoms with Gasteiger partial charge in [-0.15, -0.1) is 0 Å². The second-order valence-electron chi connectivity index (χ2n) is 4.56. The molecule has 0 atom stereocenters. The molecule has 1 rings (SSSR count). The van der Waals surface area contributed by atoms with Crippen LogP contribution in [-0.4, -0.2) is 47.4 Å². The van der Waals surface area contributed by atoms with Crippen LogP contribution < -0.4 is 5.32 Å². The molecule has 1 aromatic rings. The molecule has 0 aliphatic rings. The lowest BCUT2D eigenvalue weighted by Crippen LogP contribution is -2.42. The number of alkyl halides is 3. The molecule has 0 aliphatic heterocycles. The number of likely N-dealkylation sites (N-methyl/N-ethyl adjacent to an activating group) is 1. The molecule has 0 fully saturated rings. The Kier molecular flexibility index (Phi) is 6.11. The first kappa shape index (κ1) is 18.5. The van der Waals surface area contributed by atoms with Crippen LogP contribution in [0.2, 0.25) is 0 Å². The number of rotatable bonds is 6.